The van der Waals surface area contributed by atoms with E-state index >= 15 is 0 Å². The fourth-order valence-corrected chi connectivity index (χ4v) is 5.74. The van der Waals surface area contributed by atoms with Crippen LogP contribution in [0.1, 0.15) is 43.1 Å². The van der Waals surface area contributed by atoms with Gasteiger partial charge in [-0.25, -0.2) is 4.79 Å². The molecule has 0 saturated heterocycles. The third-order valence-corrected chi connectivity index (χ3v) is 8.53. The van der Waals surface area contributed by atoms with Crippen LogP contribution in [0.3, 0.4) is 0 Å². The van der Waals surface area contributed by atoms with Gasteiger partial charge in [0.2, 0.25) is 5.91 Å². The van der Waals surface area contributed by atoms with Gasteiger partial charge in [0.25, 0.3) is 0 Å². The molecule has 0 fully saturated rings. The summed E-state index contributed by atoms with van der Waals surface area (Å²) in [5.74, 6) is -0.447. The van der Waals surface area contributed by atoms with Crippen molar-refractivity contribution in [3.63, 3.8) is 0 Å². The summed E-state index contributed by atoms with van der Waals surface area (Å²) in [5, 5.41) is 14.8. The van der Waals surface area contributed by atoms with Gasteiger partial charge in [-0.3, -0.25) is 14.5 Å². The molecule has 0 atom stereocenters. The SMILES string of the molecule is CC(C)(C)N(C(=O)O)c1ccc(-c2cccs2)c(N)c1C(=O)c1ccc(NC(=O)CC[Si](C)(C)C)cc1. The molecule has 7 nitrogen and oxygen atoms in total. The first kappa shape index (κ1) is 28.1. The smallest absolute Gasteiger partial charge is 0.412 e. The number of ketones is 1. The lowest BCUT2D eigenvalue weighted by molar-refractivity contribution is -0.115. The number of hydrogen-bond donors (Lipinski definition) is 3. The lowest BCUT2D eigenvalue weighted by atomic mass is 9.93. The summed E-state index contributed by atoms with van der Waals surface area (Å²) < 4.78 is 0. The van der Waals surface area contributed by atoms with Crippen molar-refractivity contribution in [3.05, 3.63) is 65.0 Å². The lowest BCUT2D eigenvalue weighted by Gasteiger charge is -2.35. The molecule has 9 heteroatoms. The van der Waals surface area contributed by atoms with Gasteiger partial charge >= 0.3 is 6.09 Å². The highest BCUT2D eigenvalue weighted by molar-refractivity contribution is 7.13. The Labute approximate surface area is 223 Å². The van der Waals surface area contributed by atoms with Gasteiger partial charge in [-0.05, 0) is 74.7 Å². The van der Waals surface area contributed by atoms with Crippen molar-refractivity contribution in [1.29, 1.82) is 0 Å². The fourth-order valence-electron chi connectivity index (χ4n) is 3.99. The Kier molecular flexibility index (Phi) is 8.29. The van der Waals surface area contributed by atoms with Crippen LogP contribution in [0, 0.1) is 0 Å². The second-order valence-corrected chi connectivity index (χ2v) is 17.8. The Balaban J connectivity index is 2.01. The van der Waals surface area contributed by atoms with E-state index in [1.54, 1.807) is 57.2 Å². The Morgan fingerprint density at radius 3 is 2.19 bits per heavy atom. The van der Waals surface area contributed by atoms with E-state index in [0.29, 0.717) is 23.2 Å². The predicted molar refractivity (Wildman–Crippen MR) is 156 cm³/mol. The van der Waals surface area contributed by atoms with Crippen molar-refractivity contribution in [1.82, 2.24) is 0 Å². The maximum Gasteiger partial charge on any atom is 0.412 e. The Bertz CT molecular complexity index is 1290. The number of rotatable bonds is 8. The highest BCUT2D eigenvalue weighted by Crippen LogP contribution is 2.40. The van der Waals surface area contributed by atoms with Crippen LogP contribution in [0.15, 0.2) is 53.9 Å². The molecule has 2 amide bonds. The molecule has 0 saturated carbocycles. The predicted octanol–water partition coefficient (Wildman–Crippen LogP) is 7.18. The second-order valence-electron chi connectivity index (χ2n) is 11.2. The second kappa shape index (κ2) is 10.9. The Morgan fingerprint density at radius 2 is 1.68 bits per heavy atom. The summed E-state index contributed by atoms with van der Waals surface area (Å²) in [6.07, 6.45) is -0.718. The molecular formula is C28H35N3O4SSi. The van der Waals surface area contributed by atoms with E-state index < -0.39 is 25.5 Å². The molecule has 2 aromatic carbocycles. The zero-order chi connectivity index (χ0) is 27.5. The first-order valence-electron chi connectivity index (χ1n) is 12.1. The molecule has 0 spiro atoms. The number of benzene rings is 2. The molecule has 0 radical (unpaired) electrons. The van der Waals surface area contributed by atoms with Crippen LogP contribution in [0.5, 0.6) is 0 Å². The standard InChI is InChI=1S/C28H35N3O4SSi/c1-28(2,3)31(27(34)35)21-14-13-20(22-8-7-16-36-22)25(29)24(21)26(33)18-9-11-19(12-10-18)30-23(32)15-17-37(4,5)6/h7-14,16H,15,17,29H2,1-6H3,(H,30,32)(H,34,35). The quantitative estimate of drug-likeness (QED) is 0.160. The summed E-state index contributed by atoms with van der Waals surface area (Å²) in [6.45, 7) is 12.0. The van der Waals surface area contributed by atoms with Gasteiger partial charge in [-0.1, -0.05) is 25.7 Å². The summed E-state index contributed by atoms with van der Waals surface area (Å²) in [7, 11) is -1.33. The van der Waals surface area contributed by atoms with Crippen LogP contribution < -0.4 is 16.0 Å². The largest absolute Gasteiger partial charge is 0.465 e. The minimum Gasteiger partial charge on any atom is -0.465 e. The minimum absolute atomic E-state index is 0.0565. The van der Waals surface area contributed by atoms with E-state index in [9.17, 15) is 19.5 Å². The topological polar surface area (TPSA) is 113 Å². The van der Waals surface area contributed by atoms with Crippen LogP contribution in [-0.4, -0.2) is 36.5 Å². The molecule has 0 unspecified atom stereocenters. The summed E-state index contributed by atoms with van der Waals surface area (Å²) >= 11 is 1.49. The molecule has 1 aromatic heterocycles. The normalized spacial score (nSPS) is 11.7. The molecule has 196 valence electrons. The molecule has 0 bridgehead atoms. The van der Waals surface area contributed by atoms with Crippen LogP contribution in [0.25, 0.3) is 10.4 Å². The molecule has 1 heterocycles. The van der Waals surface area contributed by atoms with E-state index in [0.717, 1.165) is 10.9 Å². The lowest BCUT2D eigenvalue weighted by Crippen LogP contribution is -2.46. The summed E-state index contributed by atoms with van der Waals surface area (Å²) in [6, 6.07) is 14.7. The average molecular weight is 538 g/mol. The van der Waals surface area contributed by atoms with Crippen molar-refractivity contribution in [2.45, 2.75) is 58.4 Å². The number of nitrogens with two attached hydrogens (primary N) is 1. The van der Waals surface area contributed by atoms with Gasteiger partial charge in [-0.15, -0.1) is 11.3 Å². The number of carbonyl (C=O) groups excluding carboxylic acids is 2. The summed E-state index contributed by atoms with van der Waals surface area (Å²) in [4.78, 5) is 40.5. The van der Waals surface area contributed by atoms with Crippen LogP contribution in [-0.2, 0) is 4.79 Å². The number of carboxylic acid groups (broad SMARTS) is 1. The molecule has 3 aromatic rings. The average Bonchev–Trinajstić information content (AvgIpc) is 3.31. The fraction of sp³-hybridized carbons (Fsp3) is 0.321. The summed E-state index contributed by atoms with van der Waals surface area (Å²) in [5.41, 5.74) is 7.96. The van der Waals surface area contributed by atoms with Crippen molar-refractivity contribution in [2.75, 3.05) is 16.0 Å². The van der Waals surface area contributed by atoms with Gasteiger partial charge in [-0.2, -0.15) is 0 Å². The highest BCUT2D eigenvalue weighted by Gasteiger charge is 2.33. The third-order valence-electron chi connectivity index (χ3n) is 5.87. The van der Waals surface area contributed by atoms with E-state index in [1.165, 1.54) is 16.2 Å². The van der Waals surface area contributed by atoms with Crippen LogP contribution in [0.2, 0.25) is 25.7 Å². The highest BCUT2D eigenvalue weighted by atomic mass is 32.1. The number of thiophene rings is 1. The number of carbonyl (C=O) groups is 3. The molecule has 0 aliphatic rings. The van der Waals surface area contributed by atoms with Gasteiger partial charge in [0.15, 0.2) is 5.78 Å². The number of nitrogens with one attached hydrogen (secondary N) is 1. The Morgan fingerprint density at radius 1 is 1.03 bits per heavy atom. The van der Waals surface area contributed by atoms with Crippen molar-refractivity contribution < 1.29 is 19.5 Å². The van der Waals surface area contributed by atoms with Gasteiger partial charge < -0.3 is 16.2 Å². The first-order valence-corrected chi connectivity index (χ1v) is 16.7. The third kappa shape index (κ3) is 6.87. The van der Waals surface area contributed by atoms with Crippen LogP contribution in [0.4, 0.5) is 21.9 Å². The zero-order valence-electron chi connectivity index (χ0n) is 22.2. The minimum atomic E-state index is -1.33. The van der Waals surface area contributed by atoms with Gasteiger partial charge in [0, 0.05) is 41.7 Å². The van der Waals surface area contributed by atoms with E-state index in [-0.39, 0.29) is 22.8 Å². The molecule has 0 aliphatic heterocycles. The van der Waals surface area contributed by atoms with E-state index in [4.69, 9.17) is 5.73 Å². The van der Waals surface area contributed by atoms with Crippen molar-refractivity contribution >= 4 is 54.3 Å². The number of anilines is 3. The van der Waals surface area contributed by atoms with Gasteiger partial charge in [0.05, 0.1) is 16.9 Å². The van der Waals surface area contributed by atoms with Gasteiger partial charge in [0.1, 0.15) is 0 Å². The number of nitrogens with zero attached hydrogens (tertiary/aromatic N) is 1. The van der Waals surface area contributed by atoms with E-state index in [2.05, 4.69) is 25.0 Å². The molecule has 3 rings (SSSR count). The molecule has 0 aliphatic carbocycles. The molecule has 4 N–H and O–H groups in total. The molecule has 37 heavy (non-hydrogen) atoms. The first-order chi connectivity index (χ1) is 17.2. The number of hydrogen-bond acceptors (Lipinski definition) is 5. The maximum absolute atomic E-state index is 13.8. The zero-order valence-corrected chi connectivity index (χ0v) is 24.0. The van der Waals surface area contributed by atoms with Crippen LogP contribution >= 0.6 is 11.3 Å². The van der Waals surface area contributed by atoms with E-state index in [1.807, 2.05) is 17.5 Å². The van der Waals surface area contributed by atoms with Crippen molar-refractivity contribution in [3.8, 4) is 10.4 Å². The monoisotopic (exact) mass is 537 g/mol. The molecular weight excluding hydrogens is 502 g/mol. The number of nitrogen functional groups attached to an aromatic ring is 1. The number of amides is 2. The maximum atomic E-state index is 13.8. The van der Waals surface area contributed by atoms with Crippen molar-refractivity contribution in [2.24, 2.45) is 0 Å². The Hall–Kier alpha value is -3.43.